The van der Waals surface area contributed by atoms with Gasteiger partial charge in [-0.15, -0.1) is 0 Å². The topological polar surface area (TPSA) is 23.8 Å². The molecule has 0 aliphatic rings. The second-order valence-corrected chi connectivity index (χ2v) is 25.5. The molecule has 0 aromatic rings. The van der Waals surface area contributed by atoms with Crippen molar-refractivity contribution in [3.05, 3.63) is 5.73 Å². The number of rotatable bonds is 60. The van der Waals surface area contributed by atoms with Gasteiger partial charge in [0.25, 0.3) is 0 Å². The summed E-state index contributed by atoms with van der Waals surface area (Å²) in [5.74, 6) is 0. The number of hydrogen-bond donors (Lipinski definition) is 0. The van der Waals surface area contributed by atoms with Gasteiger partial charge in [-0.1, -0.05) is 343 Å². The highest BCUT2D eigenvalue weighted by Crippen LogP contribution is 2.19. The van der Waals surface area contributed by atoms with Gasteiger partial charge in [0.15, 0.2) is 0 Å². The molecule has 0 aromatic carbocycles. The van der Waals surface area contributed by atoms with Crippen LogP contribution in [-0.4, -0.2) is 69.9 Å². The van der Waals surface area contributed by atoms with E-state index in [1.165, 1.54) is 395 Å². The first-order valence-corrected chi connectivity index (χ1v) is 34.9. The number of hydrogen-bond acceptors (Lipinski definition) is 0. The molecule has 0 aliphatic carbocycles. The van der Waals surface area contributed by atoms with Crippen molar-refractivity contribution in [3.63, 3.8) is 0 Å². The van der Waals surface area contributed by atoms with E-state index in [9.17, 15) is 0 Å². The molecule has 0 radical (unpaired) electrons. The first kappa shape index (κ1) is 80.8. The number of unbranched alkanes of at least 4 members (excludes halogenated alkanes) is 52. The fourth-order valence-electron chi connectivity index (χ4n) is 11.2. The fourth-order valence-corrected chi connectivity index (χ4v) is 11.2. The van der Waals surface area contributed by atoms with Gasteiger partial charge in [-0.3, -0.25) is 0 Å². The van der Waals surface area contributed by atoms with E-state index in [1.54, 1.807) is 6.92 Å². The van der Waals surface area contributed by atoms with Crippen LogP contribution in [0.15, 0.2) is 0 Å². The third kappa shape index (κ3) is 78.9. The Morgan fingerprint density at radius 2 is 0.257 bits per heavy atom. The minimum absolute atomic E-state index is 0. The quantitative estimate of drug-likeness (QED) is 0.0428. The van der Waals surface area contributed by atoms with Crippen LogP contribution < -0.4 is 17.0 Å². The third-order valence-electron chi connectivity index (χ3n) is 16.5. The van der Waals surface area contributed by atoms with Crippen molar-refractivity contribution in [2.24, 2.45) is 0 Å². The summed E-state index contributed by atoms with van der Waals surface area (Å²) in [6.07, 6.45) is 81.9. The predicted molar refractivity (Wildman–Crippen MR) is 340 cm³/mol. The lowest BCUT2D eigenvalue weighted by molar-refractivity contribution is -0.890. The predicted octanol–water partition coefficient (Wildman–Crippen LogP) is 22.1. The number of quaternary nitrogens is 2. The Morgan fingerprint density at radius 3 is 0.351 bits per heavy atom. The SMILES string of the molecule is CCCCCCCCCCCCCCCC[N+](C)(C)CCCCCCCCCCCCCCCC.CCCCCCCCCCCCCCCC[N+](C)(C)CCCCCCCCCCCCCCCC.CC[NH-].[Br-]. The summed E-state index contributed by atoms with van der Waals surface area (Å²) in [4.78, 5) is 0. The van der Waals surface area contributed by atoms with Crippen molar-refractivity contribution in [1.82, 2.24) is 0 Å². The van der Waals surface area contributed by atoms with E-state index < -0.39 is 0 Å². The molecule has 0 spiro atoms. The molecule has 0 aliphatic heterocycles. The summed E-state index contributed by atoms with van der Waals surface area (Å²) in [5, 5.41) is 0. The number of nitrogens with zero attached hydrogens (tertiary/aromatic N) is 2. The molecule has 0 amide bonds. The van der Waals surface area contributed by atoms with Crippen LogP contribution >= 0.6 is 0 Å². The Balaban J connectivity index is -0.000000620. The minimum Gasteiger partial charge on any atom is -1.00 e. The highest BCUT2D eigenvalue weighted by molar-refractivity contribution is 4.55. The molecule has 3 nitrogen and oxygen atoms in total. The lowest BCUT2D eigenvalue weighted by atomic mass is 10.0. The summed E-state index contributed by atoms with van der Waals surface area (Å²) in [6, 6.07) is 0. The summed E-state index contributed by atoms with van der Waals surface area (Å²) in [7, 11) is 9.85. The van der Waals surface area contributed by atoms with Crippen molar-refractivity contribution < 1.29 is 25.9 Å². The standard InChI is InChI=1S/2C34H72N.C2H6N.BrH/c2*1-5-7-9-11-13-15-17-19-21-23-25-27-29-31-33-35(3,4)34-32-30-28-26-24-22-20-18-16-14-12-10-8-6-2;1-2-3;/h2*5-34H2,1-4H3;3H,2H2,1H3;1H/q2*+1;-1;/p-1. The van der Waals surface area contributed by atoms with Crippen molar-refractivity contribution in [2.45, 2.75) is 394 Å². The minimum atomic E-state index is 0. The molecule has 0 fully saturated rings. The Kier molecular flexibility index (Phi) is 78.0. The zero-order valence-corrected chi connectivity index (χ0v) is 55.5. The van der Waals surface area contributed by atoms with E-state index in [4.69, 9.17) is 5.73 Å². The number of nitrogens with one attached hydrogen (secondary N) is 1. The Bertz CT molecular complexity index is 781. The largest absolute Gasteiger partial charge is 1.00 e. The van der Waals surface area contributed by atoms with Crippen LogP contribution in [0.2, 0.25) is 0 Å². The maximum Gasteiger partial charge on any atom is 0.0782 e. The maximum absolute atomic E-state index is 6.21. The summed E-state index contributed by atoms with van der Waals surface area (Å²) in [6.45, 7) is 17.1. The van der Waals surface area contributed by atoms with E-state index in [2.05, 4.69) is 55.9 Å². The van der Waals surface area contributed by atoms with E-state index in [0.29, 0.717) is 6.54 Å². The van der Waals surface area contributed by atoms with Crippen molar-refractivity contribution in [2.75, 3.05) is 60.9 Å². The maximum atomic E-state index is 6.21. The van der Waals surface area contributed by atoms with E-state index in [1.807, 2.05) is 0 Å². The third-order valence-corrected chi connectivity index (χ3v) is 16.5. The monoisotopic (exact) mass is 1110 g/mol. The Hall–Kier alpha value is 0.360. The average molecular weight is 1110 g/mol. The molecule has 1 N–H and O–H groups in total. The fraction of sp³-hybridized carbons (Fsp3) is 1.00. The van der Waals surface area contributed by atoms with Crippen LogP contribution in [0.4, 0.5) is 0 Å². The van der Waals surface area contributed by atoms with Crippen LogP contribution in [0.3, 0.4) is 0 Å². The van der Waals surface area contributed by atoms with Gasteiger partial charge in [0.2, 0.25) is 0 Å². The normalized spacial score (nSPS) is 11.6. The first-order chi connectivity index (χ1) is 35.7. The second kappa shape index (κ2) is 71.4. The molecule has 0 bridgehead atoms. The Morgan fingerprint density at radius 1 is 0.176 bits per heavy atom. The summed E-state index contributed by atoms with van der Waals surface area (Å²) in [5.41, 5.74) is 6.21. The van der Waals surface area contributed by atoms with Crippen LogP contribution in [-0.2, 0) is 0 Å². The van der Waals surface area contributed by atoms with Gasteiger partial charge in [0, 0.05) is 0 Å². The molecule has 0 atom stereocenters. The van der Waals surface area contributed by atoms with Gasteiger partial charge >= 0.3 is 0 Å². The van der Waals surface area contributed by atoms with Gasteiger partial charge in [-0.05, 0) is 51.4 Å². The summed E-state index contributed by atoms with van der Waals surface area (Å²) >= 11 is 0. The number of halogens is 1. The van der Waals surface area contributed by atoms with Crippen LogP contribution in [0.5, 0.6) is 0 Å². The van der Waals surface area contributed by atoms with Crippen LogP contribution in [0.25, 0.3) is 5.73 Å². The van der Waals surface area contributed by atoms with E-state index in [-0.39, 0.29) is 17.0 Å². The molecule has 0 unspecified atom stereocenters. The molecule has 0 heterocycles. The Labute approximate surface area is 484 Å². The lowest BCUT2D eigenvalue weighted by Gasteiger charge is -2.30. The van der Waals surface area contributed by atoms with Gasteiger partial charge in [0.05, 0.1) is 54.4 Å². The molecule has 0 saturated carbocycles. The van der Waals surface area contributed by atoms with Gasteiger partial charge < -0.3 is 31.7 Å². The average Bonchev–Trinajstić information content (AvgIpc) is 3.37. The summed E-state index contributed by atoms with van der Waals surface area (Å²) < 4.78 is 2.49. The molecule has 452 valence electrons. The van der Waals surface area contributed by atoms with Crippen LogP contribution in [0, 0.1) is 0 Å². The zero-order valence-electron chi connectivity index (χ0n) is 53.9. The van der Waals surface area contributed by atoms with Gasteiger partial charge in [0.1, 0.15) is 0 Å². The van der Waals surface area contributed by atoms with Gasteiger partial charge in [-0.2, -0.15) is 6.54 Å². The molecular formula is C70H150BrN3. The second-order valence-electron chi connectivity index (χ2n) is 25.5. The smallest absolute Gasteiger partial charge is 0.0782 e. The van der Waals surface area contributed by atoms with Crippen LogP contribution in [0.1, 0.15) is 394 Å². The van der Waals surface area contributed by atoms with Gasteiger partial charge in [-0.25, -0.2) is 0 Å². The van der Waals surface area contributed by atoms with Crippen molar-refractivity contribution >= 4 is 0 Å². The molecule has 0 aromatic heterocycles. The molecule has 0 saturated heterocycles. The lowest BCUT2D eigenvalue weighted by Crippen LogP contribution is -3.00. The highest BCUT2D eigenvalue weighted by Gasteiger charge is 2.15. The molecular weight excluding hydrogens is 963 g/mol. The molecule has 74 heavy (non-hydrogen) atoms. The molecule has 4 heteroatoms. The molecule has 0 rings (SSSR count). The first-order valence-electron chi connectivity index (χ1n) is 34.9. The van der Waals surface area contributed by atoms with Crippen molar-refractivity contribution in [1.29, 1.82) is 0 Å². The van der Waals surface area contributed by atoms with Crippen molar-refractivity contribution in [3.8, 4) is 0 Å². The van der Waals surface area contributed by atoms with E-state index >= 15 is 0 Å². The zero-order chi connectivity index (χ0) is 54.1. The highest BCUT2D eigenvalue weighted by atomic mass is 79.9. The van der Waals surface area contributed by atoms with E-state index in [0.717, 1.165) is 0 Å².